The van der Waals surface area contributed by atoms with Crippen LogP contribution in [0.5, 0.6) is 0 Å². The van der Waals surface area contributed by atoms with Crippen molar-refractivity contribution in [1.29, 1.82) is 0 Å². The largest absolute Gasteiger partial charge is 0.392 e. The van der Waals surface area contributed by atoms with Gasteiger partial charge in [-0.05, 0) is 32.3 Å². The zero-order valence-corrected chi connectivity index (χ0v) is 13.3. The van der Waals surface area contributed by atoms with Gasteiger partial charge < -0.3 is 15.5 Å². The molecule has 0 aromatic rings. The molecule has 0 fully saturated rings. The highest BCUT2D eigenvalue weighted by molar-refractivity contribution is 5.87. The van der Waals surface area contributed by atoms with Crippen molar-refractivity contribution in [3.63, 3.8) is 0 Å². The number of hydrogen-bond donors (Lipinski definition) is 3. The van der Waals surface area contributed by atoms with Crippen LogP contribution < -0.4 is 5.32 Å². The monoisotopic (exact) mass is 283 g/mol. The van der Waals surface area contributed by atoms with Gasteiger partial charge in [-0.3, -0.25) is 4.79 Å². The van der Waals surface area contributed by atoms with Crippen LogP contribution in [0.15, 0.2) is 23.8 Å². The molecule has 4 heteroatoms. The minimum atomic E-state index is -0.673. The van der Waals surface area contributed by atoms with Crippen LogP contribution in [0.1, 0.15) is 41.0 Å². The van der Waals surface area contributed by atoms with Crippen molar-refractivity contribution >= 4 is 5.91 Å². The normalized spacial score (nSPS) is 17.3. The summed E-state index contributed by atoms with van der Waals surface area (Å²) in [5.74, 6) is 0.0553. The Morgan fingerprint density at radius 2 is 1.90 bits per heavy atom. The van der Waals surface area contributed by atoms with Gasteiger partial charge in [0.15, 0.2) is 0 Å². The first-order chi connectivity index (χ1) is 9.31. The summed E-state index contributed by atoms with van der Waals surface area (Å²) in [4.78, 5) is 11.7. The van der Waals surface area contributed by atoms with E-state index in [4.69, 9.17) is 5.11 Å². The zero-order valence-electron chi connectivity index (χ0n) is 13.3. The van der Waals surface area contributed by atoms with Crippen LogP contribution >= 0.6 is 0 Å². The molecule has 0 aliphatic carbocycles. The summed E-state index contributed by atoms with van der Waals surface area (Å²) in [7, 11) is 0. The van der Waals surface area contributed by atoms with Crippen molar-refractivity contribution in [2.45, 2.75) is 53.2 Å². The Kier molecular flexibility index (Phi) is 9.17. The van der Waals surface area contributed by atoms with Crippen LogP contribution in [0.3, 0.4) is 0 Å². The fourth-order valence-electron chi connectivity index (χ4n) is 2.14. The second kappa shape index (κ2) is 9.72. The zero-order chi connectivity index (χ0) is 15.7. The minimum Gasteiger partial charge on any atom is -0.392 e. The summed E-state index contributed by atoms with van der Waals surface area (Å²) >= 11 is 0. The van der Waals surface area contributed by atoms with E-state index in [0.717, 1.165) is 5.57 Å². The van der Waals surface area contributed by atoms with E-state index in [-0.39, 0.29) is 24.5 Å². The van der Waals surface area contributed by atoms with Crippen LogP contribution in [-0.4, -0.2) is 34.9 Å². The molecule has 1 amide bonds. The SMILES string of the molecule is C/C=C/C(=O)N[C@@H](CC(C)C)[C@H](O)[C@@H](C)/C=C(\C)CO. The van der Waals surface area contributed by atoms with Gasteiger partial charge in [-0.15, -0.1) is 0 Å². The van der Waals surface area contributed by atoms with E-state index in [1.54, 1.807) is 13.0 Å². The highest BCUT2D eigenvalue weighted by atomic mass is 16.3. The molecule has 0 heterocycles. The van der Waals surface area contributed by atoms with Gasteiger partial charge in [0.25, 0.3) is 0 Å². The average Bonchev–Trinajstić information content (AvgIpc) is 2.36. The van der Waals surface area contributed by atoms with Gasteiger partial charge in [0, 0.05) is 5.92 Å². The second-order valence-corrected chi connectivity index (χ2v) is 5.77. The molecule has 0 spiro atoms. The lowest BCUT2D eigenvalue weighted by Crippen LogP contribution is -2.46. The molecule has 0 aliphatic heterocycles. The van der Waals surface area contributed by atoms with Crippen LogP contribution in [0.4, 0.5) is 0 Å². The number of rotatable bonds is 8. The number of hydrogen-bond acceptors (Lipinski definition) is 3. The smallest absolute Gasteiger partial charge is 0.243 e. The summed E-state index contributed by atoms with van der Waals surface area (Å²) in [6.07, 6.45) is 5.01. The molecule has 4 nitrogen and oxygen atoms in total. The molecule has 0 aromatic heterocycles. The van der Waals surface area contributed by atoms with E-state index in [2.05, 4.69) is 19.2 Å². The molecule has 0 bridgehead atoms. The Hall–Kier alpha value is -1.13. The first kappa shape index (κ1) is 18.9. The van der Waals surface area contributed by atoms with Crippen molar-refractivity contribution in [2.24, 2.45) is 11.8 Å². The van der Waals surface area contributed by atoms with Crippen LogP contribution in [-0.2, 0) is 4.79 Å². The topological polar surface area (TPSA) is 69.6 Å². The Bertz CT molecular complexity index is 348. The third-order valence-corrected chi connectivity index (χ3v) is 3.12. The number of carbonyl (C=O) groups excluding carboxylic acids is 1. The number of aliphatic hydroxyl groups excluding tert-OH is 2. The first-order valence-electron chi connectivity index (χ1n) is 7.21. The lowest BCUT2D eigenvalue weighted by atomic mass is 9.90. The summed E-state index contributed by atoms with van der Waals surface area (Å²) in [5.41, 5.74) is 0.819. The Morgan fingerprint density at radius 3 is 2.35 bits per heavy atom. The number of nitrogens with one attached hydrogen (secondary N) is 1. The second-order valence-electron chi connectivity index (χ2n) is 5.77. The van der Waals surface area contributed by atoms with E-state index < -0.39 is 6.10 Å². The van der Waals surface area contributed by atoms with Gasteiger partial charge in [-0.2, -0.15) is 0 Å². The molecule has 3 atom stereocenters. The predicted octanol–water partition coefficient (Wildman–Crippen LogP) is 2.03. The molecule has 20 heavy (non-hydrogen) atoms. The molecule has 0 aliphatic rings. The number of aliphatic hydroxyl groups is 2. The summed E-state index contributed by atoms with van der Waals surface area (Å²) in [6, 6.07) is -0.295. The third kappa shape index (κ3) is 7.46. The van der Waals surface area contributed by atoms with E-state index >= 15 is 0 Å². The molecule has 116 valence electrons. The Labute approximate surface area is 122 Å². The fraction of sp³-hybridized carbons (Fsp3) is 0.688. The van der Waals surface area contributed by atoms with Gasteiger partial charge in [0.2, 0.25) is 5.91 Å². The van der Waals surface area contributed by atoms with Crippen LogP contribution in [0.2, 0.25) is 0 Å². The molecular weight excluding hydrogens is 254 g/mol. The molecule has 0 saturated carbocycles. The van der Waals surface area contributed by atoms with Crippen molar-refractivity contribution in [2.75, 3.05) is 6.61 Å². The first-order valence-corrected chi connectivity index (χ1v) is 7.21. The maximum Gasteiger partial charge on any atom is 0.243 e. The maximum atomic E-state index is 11.7. The molecule has 0 radical (unpaired) electrons. The van der Waals surface area contributed by atoms with Crippen LogP contribution in [0, 0.1) is 11.8 Å². The lowest BCUT2D eigenvalue weighted by Gasteiger charge is -2.28. The molecule has 0 unspecified atom stereocenters. The Morgan fingerprint density at radius 1 is 1.30 bits per heavy atom. The average molecular weight is 283 g/mol. The standard InChI is InChI=1S/C16H29NO3/c1-6-7-15(19)17-14(8-11(2)3)16(20)13(5)9-12(4)10-18/h6-7,9,11,13-14,16,18,20H,8,10H2,1-5H3,(H,17,19)/b7-6+,12-9+/t13-,14-,16+/m0/s1. The molecule has 0 aromatic carbocycles. The molecule has 3 N–H and O–H groups in total. The van der Waals surface area contributed by atoms with Crippen molar-refractivity contribution in [1.82, 2.24) is 5.32 Å². The number of carbonyl (C=O) groups is 1. The van der Waals surface area contributed by atoms with Crippen molar-refractivity contribution < 1.29 is 15.0 Å². The van der Waals surface area contributed by atoms with E-state index in [1.807, 2.05) is 19.9 Å². The van der Waals surface area contributed by atoms with Gasteiger partial charge in [0.1, 0.15) is 0 Å². The van der Waals surface area contributed by atoms with E-state index in [9.17, 15) is 9.90 Å². The number of allylic oxidation sites excluding steroid dienone is 1. The minimum absolute atomic E-state index is 0.0170. The van der Waals surface area contributed by atoms with E-state index in [0.29, 0.717) is 12.3 Å². The molecular formula is C16H29NO3. The van der Waals surface area contributed by atoms with Crippen molar-refractivity contribution in [3.05, 3.63) is 23.8 Å². The van der Waals surface area contributed by atoms with Crippen LogP contribution in [0.25, 0.3) is 0 Å². The summed E-state index contributed by atoms with van der Waals surface area (Å²) in [6.45, 7) is 9.58. The molecule has 0 rings (SSSR count). The summed E-state index contributed by atoms with van der Waals surface area (Å²) in [5, 5.41) is 22.3. The van der Waals surface area contributed by atoms with E-state index in [1.165, 1.54) is 6.08 Å². The molecule has 0 saturated heterocycles. The lowest BCUT2D eigenvalue weighted by molar-refractivity contribution is -0.118. The van der Waals surface area contributed by atoms with Gasteiger partial charge in [-0.1, -0.05) is 38.5 Å². The highest BCUT2D eigenvalue weighted by Gasteiger charge is 2.25. The fourth-order valence-corrected chi connectivity index (χ4v) is 2.14. The number of amides is 1. The quantitative estimate of drug-likeness (QED) is 0.471. The Balaban J connectivity index is 4.87. The van der Waals surface area contributed by atoms with Crippen molar-refractivity contribution in [3.8, 4) is 0 Å². The maximum absolute atomic E-state index is 11.7. The predicted molar refractivity (Wildman–Crippen MR) is 82.2 cm³/mol. The highest BCUT2D eigenvalue weighted by Crippen LogP contribution is 2.17. The summed E-state index contributed by atoms with van der Waals surface area (Å²) < 4.78 is 0. The van der Waals surface area contributed by atoms with Gasteiger partial charge in [0.05, 0.1) is 18.8 Å². The van der Waals surface area contributed by atoms with Gasteiger partial charge in [-0.25, -0.2) is 0 Å². The van der Waals surface area contributed by atoms with Gasteiger partial charge >= 0.3 is 0 Å². The third-order valence-electron chi connectivity index (χ3n) is 3.12.